The second-order valence-corrected chi connectivity index (χ2v) is 11.9. The van der Waals surface area contributed by atoms with Crippen molar-refractivity contribution in [1.82, 2.24) is 9.62 Å². The summed E-state index contributed by atoms with van der Waals surface area (Å²) in [5.74, 6) is -0.118. The third kappa shape index (κ3) is 5.48. The van der Waals surface area contributed by atoms with E-state index in [1.54, 1.807) is 24.3 Å². The van der Waals surface area contributed by atoms with Gasteiger partial charge in [-0.3, -0.25) is 4.79 Å². The van der Waals surface area contributed by atoms with Crippen LogP contribution in [-0.4, -0.2) is 53.5 Å². The minimum Gasteiger partial charge on any atom is -0.497 e. The molecular formula is C22H28N2O6S2. The number of ether oxygens (including phenoxy) is 1. The number of nitrogens with one attached hydrogen (secondary N) is 1. The van der Waals surface area contributed by atoms with Crippen LogP contribution in [0.15, 0.2) is 58.3 Å². The van der Waals surface area contributed by atoms with Gasteiger partial charge in [0.15, 0.2) is 9.84 Å². The lowest BCUT2D eigenvalue weighted by Gasteiger charge is -2.32. The van der Waals surface area contributed by atoms with Gasteiger partial charge in [-0.1, -0.05) is 12.1 Å². The summed E-state index contributed by atoms with van der Waals surface area (Å²) in [6.45, 7) is 2.28. The van der Waals surface area contributed by atoms with E-state index >= 15 is 0 Å². The van der Waals surface area contributed by atoms with Crippen LogP contribution in [0, 0.1) is 5.92 Å². The molecule has 1 aliphatic rings. The van der Waals surface area contributed by atoms with Crippen LogP contribution in [0.1, 0.15) is 31.4 Å². The van der Waals surface area contributed by atoms with Crippen LogP contribution < -0.4 is 10.1 Å². The average Bonchev–Trinajstić information content (AvgIpc) is 2.78. The van der Waals surface area contributed by atoms with Crippen LogP contribution in [0.4, 0.5) is 0 Å². The zero-order valence-electron chi connectivity index (χ0n) is 18.3. The number of sulfonamides is 1. The molecular weight excluding hydrogens is 452 g/mol. The van der Waals surface area contributed by atoms with E-state index in [4.69, 9.17) is 4.74 Å². The summed E-state index contributed by atoms with van der Waals surface area (Å²) in [4.78, 5) is 13.2. The summed E-state index contributed by atoms with van der Waals surface area (Å²) in [6, 6.07) is 12.2. The van der Waals surface area contributed by atoms with Gasteiger partial charge in [-0.2, -0.15) is 4.31 Å². The maximum absolute atomic E-state index is 13.0. The molecule has 8 nitrogen and oxygen atoms in total. The Bertz CT molecular complexity index is 1160. The van der Waals surface area contributed by atoms with Gasteiger partial charge < -0.3 is 10.1 Å². The topological polar surface area (TPSA) is 110 Å². The maximum atomic E-state index is 13.0. The monoisotopic (exact) mass is 480 g/mol. The lowest BCUT2D eigenvalue weighted by Crippen LogP contribution is -2.45. The Kier molecular flexibility index (Phi) is 7.26. The van der Waals surface area contributed by atoms with E-state index in [9.17, 15) is 21.6 Å². The molecule has 0 unspecified atom stereocenters. The highest BCUT2D eigenvalue weighted by molar-refractivity contribution is 7.90. The number of piperidine rings is 1. The number of hydrogen-bond donors (Lipinski definition) is 1. The number of amides is 1. The second-order valence-electron chi connectivity index (χ2n) is 7.95. The number of nitrogens with zero attached hydrogens (tertiary/aromatic N) is 1. The summed E-state index contributed by atoms with van der Waals surface area (Å²) in [5.41, 5.74) is 0.768. The van der Waals surface area contributed by atoms with Gasteiger partial charge in [0.2, 0.25) is 15.9 Å². The maximum Gasteiger partial charge on any atom is 0.243 e. The van der Waals surface area contributed by atoms with Gasteiger partial charge in [0, 0.05) is 19.3 Å². The van der Waals surface area contributed by atoms with E-state index < -0.39 is 25.8 Å². The molecule has 2 atom stereocenters. The second kappa shape index (κ2) is 9.60. The summed E-state index contributed by atoms with van der Waals surface area (Å²) >= 11 is 0. The predicted octanol–water partition coefficient (Wildman–Crippen LogP) is 2.38. The van der Waals surface area contributed by atoms with Gasteiger partial charge in [0.05, 0.1) is 28.9 Å². The molecule has 2 aromatic carbocycles. The smallest absolute Gasteiger partial charge is 0.243 e. The molecule has 0 saturated carbocycles. The van der Waals surface area contributed by atoms with E-state index in [0.29, 0.717) is 25.1 Å². The van der Waals surface area contributed by atoms with Crippen LogP contribution in [0.25, 0.3) is 0 Å². The van der Waals surface area contributed by atoms with Gasteiger partial charge in [0.25, 0.3) is 0 Å². The summed E-state index contributed by atoms with van der Waals surface area (Å²) in [6.07, 6.45) is 2.33. The van der Waals surface area contributed by atoms with E-state index in [1.807, 2.05) is 6.92 Å². The highest BCUT2D eigenvalue weighted by Crippen LogP contribution is 2.26. The largest absolute Gasteiger partial charge is 0.497 e. The Morgan fingerprint density at radius 3 is 2.19 bits per heavy atom. The number of benzene rings is 2. The first-order valence-corrected chi connectivity index (χ1v) is 13.6. The fourth-order valence-electron chi connectivity index (χ4n) is 3.69. The van der Waals surface area contributed by atoms with Crippen molar-refractivity contribution in [2.45, 2.75) is 35.6 Å². The van der Waals surface area contributed by atoms with E-state index in [1.165, 1.54) is 35.7 Å². The molecule has 2 aromatic rings. The normalized spacial score (nSPS) is 18.7. The van der Waals surface area contributed by atoms with Crippen LogP contribution in [0.5, 0.6) is 5.75 Å². The molecule has 1 heterocycles. The molecule has 1 aliphatic heterocycles. The molecule has 1 fully saturated rings. The van der Waals surface area contributed by atoms with Gasteiger partial charge >= 0.3 is 0 Å². The Morgan fingerprint density at radius 2 is 1.62 bits per heavy atom. The molecule has 1 amide bonds. The molecule has 3 rings (SSSR count). The molecule has 1 saturated heterocycles. The van der Waals surface area contributed by atoms with E-state index in [2.05, 4.69) is 5.32 Å². The molecule has 1 N–H and O–H groups in total. The molecule has 0 bridgehead atoms. The Labute approximate surface area is 189 Å². The quantitative estimate of drug-likeness (QED) is 0.652. The molecule has 174 valence electrons. The summed E-state index contributed by atoms with van der Waals surface area (Å²) in [7, 11) is -5.49. The third-order valence-electron chi connectivity index (χ3n) is 5.62. The SMILES string of the molecule is COc1ccc(S(=O)(=O)N2CCC[C@H](C(=O)N[C@@H](C)c3ccc(S(C)(=O)=O)cc3)C2)cc1. The average molecular weight is 481 g/mol. The zero-order valence-corrected chi connectivity index (χ0v) is 19.9. The Balaban J connectivity index is 1.67. The van der Waals surface area contributed by atoms with Gasteiger partial charge in [-0.25, -0.2) is 16.8 Å². The first kappa shape index (κ1) is 24.2. The highest BCUT2D eigenvalue weighted by Gasteiger charge is 2.33. The lowest BCUT2D eigenvalue weighted by molar-refractivity contribution is -0.126. The molecule has 0 radical (unpaired) electrons. The van der Waals surface area contributed by atoms with Crippen molar-refractivity contribution in [3.8, 4) is 5.75 Å². The van der Waals surface area contributed by atoms with Crippen LogP contribution in [0.2, 0.25) is 0 Å². The van der Waals surface area contributed by atoms with Crippen molar-refractivity contribution in [2.75, 3.05) is 26.5 Å². The molecule has 10 heteroatoms. The van der Waals surface area contributed by atoms with Crippen molar-refractivity contribution in [3.05, 3.63) is 54.1 Å². The van der Waals surface area contributed by atoms with Crippen molar-refractivity contribution in [3.63, 3.8) is 0 Å². The van der Waals surface area contributed by atoms with Crippen molar-refractivity contribution in [1.29, 1.82) is 0 Å². The van der Waals surface area contributed by atoms with Crippen molar-refractivity contribution in [2.24, 2.45) is 5.92 Å². The summed E-state index contributed by atoms with van der Waals surface area (Å²) < 4.78 is 55.7. The first-order valence-electron chi connectivity index (χ1n) is 10.3. The molecule has 32 heavy (non-hydrogen) atoms. The Hall–Kier alpha value is -2.43. The van der Waals surface area contributed by atoms with Crippen LogP contribution in [-0.2, 0) is 24.7 Å². The fourth-order valence-corrected chi connectivity index (χ4v) is 5.84. The highest BCUT2D eigenvalue weighted by atomic mass is 32.2. The molecule has 0 aliphatic carbocycles. The number of methoxy groups -OCH3 is 1. The number of carbonyl (C=O) groups is 1. The van der Waals surface area contributed by atoms with E-state index in [-0.39, 0.29) is 28.3 Å². The van der Waals surface area contributed by atoms with Crippen LogP contribution >= 0.6 is 0 Å². The third-order valence-corrected chi connectivity index (χ3v) is 8.63. The van der Waals surface area contributed by atoms with Gasteiger partial charge in [-0.05, 0) is 61.7 Å². The Morgan fingerprint density at radius 1 is 1.03 bits per heavy atom. The predicted molar refractivity (Wildman–Crippen MR) is 121 cm³/mol. The van der Waals surface area contributed by atoms with Gasteiger partial charge in [0.1, 0.15) is 5.75 Å². The molecule has 0 aromatic heterocycles. The lowest BCUT2D eigenvalue weighted by atomic mass is 9.98. The fraction of sp³-hybridized carbons (Fsp3) is 0.409. The number of hydrogen-bond acceptors (Lipinski definition) is 6. The minimum absolute atomic E-state index is 0.111. The van der Waals surface area contributed by atoms with Crippen molar-refractivity contribution < 1.29 is 26.4 Å². The molecule has 0 spiro atoms. The zero-order chi connectivity index (χ0) is 23.5. The number of rotatable bonds is 7. The standard InChI is InChI=1S/C22H28N2O6S2/c1-16(17-6-10-20(11-7-17)31(3,26)27)23-22(25)18-5-4-14-24(15-18)32(28,29)21-12-8-19(30-2)9-13-21/h6-13,16,18H,4-5,14-15H2,1-3H3,(H,23,25)/t16-,18-/m0/s1. The van der Waals surface area contributed by atoms with Gasteiger partial charge in [-0.15, -0.1) is 0 Å². The van der Waals surface area contributed by atoms with E-state index in [0.717, 1.165) is 11.8 Å². The summed E-state index contributed by atoms with van der Waals surface area (Å²) in [5, 5.41) is 2.92. The number of carbonyl (C=O) groups excluding carboxylic acids is 1. The van der Waals surface area contributed by atoms with Crippen molar-refractivity contribution >= 4 is 25.8 Å². The minimum atomic E-state index is -3.71. The number of sulfone groups is 1. The van der Waals surface area contributed by atoms with Crippen LogP contribution in [0.3, 0.4) is 0 Å². The first-order chi connectivity index (χ1) is 15.0.